The van der Waals surface area contributed by atoms with Crippen LogP contribution >= 0.6 is 11.8 Å². The maximum Gasteiger partial charge on any atom is 0.155 e. The highest BCUT2D eigenvalue weighted by Crippen LogP contribution is 2.36. The summed E-state index contributed by atoms with van der Waals surface area (Å²) in [7, 11) is 4.29. The summed E-state index contributed by atoms with van der Waals surface area (Å²) in [6.45, 7) is 0. The summed E-state index contributed by atoms with van der Waals surface area (Å²) in [6.07, 6.45) is 13.5. The number of nitriles is 1. The Labute approximate surface area is 195 Å². The molecule has 0 amide bonds. The molecule has 7 nitrogen and oxygen atoms in total. The molecular weight excluding hydrogens is 437 g/mol. The number of halogens is 1. The van der Waals surface area contributed by atoms with Crippen LogP contribution in [0, 0.1) is 17.1 Å². The largest absolute Gasteiger partial charge is 0.306 e. The Morgan fingerprint density at radius 1 is 1.12 bits per heavy atom. The van der Waals surface area contributed by atoms with Crippen LogP contribution in [-0.2, 0) is 0 Å². The number of nitrogens with zero attached hydrogens (tertiary/aromatic N) is 7. The first kappa shape index (κ1) is 21.6. The molecule has 33 heavy (non-hydrogen) atoms. The Bertz CT molecular complexity index is 1330. The van der Waals surface area contributed by atoms with Gasteiger partial charge in [-0.3, -0.25) is 4.68 Å². The Morgan fingerprint density at radius 3 is 2.67 bits per heavy atom. The molecule has 1 aliphatic carbocycles. The second-order valence-electron chi connectivity index (χ2n) is 8.58. The molecule has 0 N–H and O–H groups in total. The highest BCUT2D eigenvalue weighted by molar-refractivity contribution is 7.99. The van der Waals surface area contributed by atoms with Crippen LogP contribution in [0.1, 0.15) is 37.3 Å². The molecule has 5 rings (SSSR count). The molecule has 9 heteroatoms. The van der Waals surface area contributed by atoms with E-state index in [1.54, 1.807) is 16.8 Å². The first-order valence-electron chi connectivity index (χ1n) is 10.9. The van der Waals surface area contributed by atoms with E-state index in [0.717, 1.165) is 28.9 Å². The van der Waals surface area contributed by atoms with E-state index in [0.29, 0.717) is 23.2 Å². The van der Waals surface area contributed by atoms with E-state index >= 15 is 0 Å². The summed E-state index contributed by atoms with van der Waals surface area (Å²) in [4.78, 5) is 7.19. The van der Waals surface area contributed by atoms with Crippen LogP contribution in [0.15, 0.2) is 59.1 Å². The van der Waals surface area contributed by atoms with Gasteiger partial charge in [-0.1, -0.05) is 11.8 Å². The Hall–Kier alpha value is -3.22. The summed E-state index contributed by atoms with van der Waals surface area (Å²) < 4.78 is 18.1. The predicted molar refractivity (Wildman–Crippen MR) is 124 cm³/mol. The molecule has 1 saturated carbocycles. The van der Waals surface area contributed by atoms with Crippen molar-refractivity contribution < 1.29 is 4.39 Å². The van der Waals surface area contributed by atoms with Gasteiger partial charge in [-0.25, -0.2) is 13.9 Å². The van der Waals surface area contributed by atoms with Gasteiger partial charge in [0.25, 0.3) is 0 Å². The SMILES string of the molecule is CN(C)[C@H]1CC[C@@H](n2cc(-c3cc(Sc4ncccc4F)c4c(C#N)cnn4c3)cn2)CC1. The van der Waals surface area contributed by atoms with Gasteiger partial charge >= 0.3 is 0 Å². The van der Waals surface area contributed by atoms with E-state index in [9.17, 15) is 9.65 Å². The van der Waals surface area contributed by atoms with Crippen molar-refractivity contribution in [3.05, 3.63) is 60.6 Å². The Kier molecular flexibility index (Phi) is 5.87. The second kappa shape index (κ2) is 8.96. The van der Waals surface area contributed by atoms with Crippen LogP contribution in [0.2, 0.25) is 0 Å². The van der Waals surface area contributed by atoms with E-state index in [1.165, 1.54) is 36.9 Å². The molecule has 4 aromatic heterocycles. The van der Waals surface area contributed by atoms with Gasteiger partial charge in [-0.15, -0.1) is 0 Å². The molecule has 0 aromatic carbocycles. The average Bonchev–Trinajstić information content (AvgIpc) is 3.48. The van der Waals surface area contributed by atoms with E-state index in [-0.39, 0.29) is 5.03 Å². The fraction of sp³-hybridized carbons (Fsp3) is 0.333. The molecule has 4 heterocycles. The van der Waals surface area contributed by atoms with Crippen molar-refractivity contribution >= 4 is 17.3 Å². The summed E-state index contributed by atoms with van der Waals surface area (Å²) in [5.41, 5.74) is 2.95. The lowest BCUT2D eigenvalue weighted by molar-refractivity contribution is 0.189. The van der Waals surface area contributed by atoms with Gasteiger partial charge in [0.05, 0.1) is 29.5 Å². The molecule has 0 bridgehead atoms. The number of rotatable bonds is 5. The van der Waals surface area contributed by atoms with Gasteiger partial charge in [-0.05, 0) is 58.0 Å². The van der Waals surface area contributed by atoms with Crippen molar-refractivity contribution in [3.63, 3.8) is 0 Å². The number of hydrogen-bond acceptors (Lipinski definition) is 6. The van der Waals surface area contributed by atoms with Gasteiger partial charge in [0, 0.05) is 40.7 Å². The third kappa shape index (κ3) is 4.24. The molecular formula is C24H24FN7S. The van der Waals surface area contributed by atoms with Gasteiger partial charge in [0.15, 0.2) is 5.82 Å². The molecule has 0 saturated heterocycles. The smallest absolute Gasteiger partial charge is 0.155 e. The lowest BCUT2D eigenvalue weighted by Gasteiger charge is -2.32. The fourth-order valence-electron chi connectivity index (χ4n) is 4.48. The second-order valence-corrected chi connectivity index (χ2v) is 9.61. The van der Waals surface area contributed by atoms with Crippen molar-refractivity contribution in [1.82, 2.24) is 29.3 Å². The molecule has 0 aliphatic heterocycles. The topological polar surface area (TPSA) is 75.0 Å². The van der Waals surface area contributed by atoms with Crippen molar-refractivity contribution in [1.29, 1.82) is 5.26 Å². The van der Waals surface area contributed by atoms with Crippen molar-refractivity contribution in [3.8, 4) is 17.2 Å². The number of hydrogen-bond donors (Lipinski definition) is 0. The highest BCUT2D eigenvalue weighted by atomic mass is 32.2. The lowest BCUT2D eigenvalue weighted by atomic mass is 9.91. The van der Waals surface area contributed by atoms with Crippen LogP contribution < -0.4 is 0 Å². The van der Waals surface area contributed by atoms with E-state index < -0.39 is 5.82 Å². The Balaban J connectivity index is 1.48. The van der Waals surface area contributed by atoms with E-state index in [4.69, 9.17) is 0 Å². The van der Waals surface area contributed by atoms with E-state index in [2.05, 4.69) is 51.1 Å². The number of aromatic nitrogens is 5. The van der Waals surface area contributed by atoms with Gasteiger partial charge < -0.3 is 4.90 Å². The van der Waals surface area contributed by atoms with E-state index in [1.807, 2.05) is 18.5 Å². The molecule has 168 valence electrons. The maximum absolute atomic E-state index is 14.3. The minimum absolute atomic E-state index is 0.259. The summed E-state index contributed by atoms with van der Waals surface area (Å²) >= 11 is 1.19. The Morgan fingerprint density at radius 2 is 1.94 bits per heavy atom. The minimum Gasteiger partial charge on any atom is -0.306 e. The predicted octanol–water partition coefficient (Wildman–Crippen LogP) is 4.80. The van der Waals surface area contributed by atoms with Crippen LogP contribution in [0.25, 0.3) is 16.6 Å². The molecule has 0 atom stereocenters. The normalized spacial score (nSPS) is 18.6. The zero-order valence-electron chi connectivity index (χ0n) is 18.5. The first-order valence-corrected chi connectivity index (χ1v) is 11.8. The lowest BCUT2D eigenvalue weighted by Crippen LogP contribution is -2.32. The van der Waals surface area contributed by atoms with Gasteiger partial charge in [0.2, 0.25) is 0 Å². The molecule has 0 unspecified atom stereocenters. The zero-order valence-corrected chi connectivity index (χ0v) is 19.3. The van der Waals surface area contributed by atoms with Crippen molar-refractivity contribution in [2.75, 3.05) is 14.1 Å². The summed E-state index contributed by atoms with van der Waals surface area (Å²) in [5.74, 6) is -0.398. The zero-order chi connectivity index (χ0) is 22.9. The monoisotopic (exact) mass is 461 g/mol. The van der Waals surface area contributed by atoms with Crippen LogP contribution in [-0.4, -0.2) is 49.4 Å². The van der Waals surface area contributed by atoms with Crippen molar-refractivity contribution in [2.24, 2.45) is 0 Å². The summed E-state index contributed by atoms with van der Waals surface area (Å²) in [6, 6.07) is 8.11. The van der Waals surface area contributed by atoms with Crippen LogP contribution in [0.3, 0.4) is 0 Å². The maximum atomic E-state index is 14.3. The number of fused-ring (bicyclic) bond motifs is 1. The third-order valence-corrected chi connectivity index (χ3v) is 7.36. The molecule has 1 fully saturated rings. The molecule has 1 aliphatic rings. The summed E-state index contributed by atoms with van der Waals surface area (Å²) in [5, 5.41) is 18.8. The average molecular weight is 462 g/mol. The van der Waals surface area contributed by atoms with Crippen LogP contribution in [0.4, 0.5) is 4.39 Å². The fourth-order valence-corrected chi connectivity index (χ4v) is 5.45. The van der Waals surface area contributed by atoms with Gasteiger partial charge in [-0.2, -0.15) is 15.5 Å². The third-order valence-electron chi connectivity index (χ3n) is 6.33. The molecule has 0 spiro atoms. The van der Waals surface area contributed by atoms with Gasteiger partial charge in [0.1, 0.15) is 11.1 Å². The molecule has 0 radical (unpaired) electrons. The molecule has 4 aromatic rings. The number of pyridine rings is 2. The minimum atomic E-state index is -0.398. The first-order chi connectivity index (χ1) is 16.0. The quantitative estimate of drug-likeness (QED) is 0.425. The van der Waals surface area contributed by atoms with Crippen LogP contribution in [0.5, 0.6) is 0 Å². The van der Waals surface area contributed by atoms with Crippen molar-refractivity contribution in [2.45, 2.75) is 47.7 Å². The highest BCUT2D eigenvalue weighted by Gasteiger charge is 2.24. The standard InChI is InChI=1S/C24H24FN7S/c1-30(2)19-5-7-20(8-6-19)31-15-18(13-28-31)16-10-22(33-24-21(25)4-3-9-27-24)23-17(11-26)12-29-32(23)14-16/h3-4,9-10,12-15,19-20H,5-8H2,1-2H3/t19-,20+.